The van der Waals surface area contributed by atoms with Gasteiger partial charge in [-0.15, -0.1) is 0 Å². The smallest absolute Gasteiger partial charge is 0.261 e. The lowest BCUT2D eigenvalue weighted by Gasteiger charge is -2.20. The minimum atomic E-state index is -0.0238. The van der Waals surface area contributed by atoms with E-state index in [1.54, 1.807) is 23.1 Å². The van der Waals surface area contributed by atoms with E-state index in [4.69, 9.17) is 4.98 Å². The lowest BCUT2D eigenvalue weighted by molar-refractivity contribution is 0.0779. The van der Waals surface area contributed by atoms with Crippen LogP contribution in [0.15, 0.2) is 23.0 Å². The normalized spacial score (nSPS) is 14.9. The van der Waals surface area contributed by atoms with E-state index in [2.05, 4.69) is 13.8 Å². The number of amides is 1. The number of carbonyl (C=O) groups excluding carboxylic acids is 1. The van der Waals surface area contributed by atoms with E-state index < -0.39 is 0 Å². The quantitative estimate of drug-likeness (QED) is 0.861. The van der Waals surface area contributed by atoms with Crippen LogP contribution in [0.5, 0.6) is 0 Å². The van der Waals surface area contributed by atoms with Gasteiger partial charge in [0.25, 0.3) is 11.5 Å². The van der Waals surface area contributed by atoms with E-state index in [9.17, 15) is 9.59 Å². The van der Waals surface area contributed by atoms with Gasteiger partial charge in [0.05, 0.1) is 10.9 Å². The molecule has 25 heavy (non-hydrogen) atoms. The number of carbonyl (C=O) groups is 1. The molecule has 1 aromatic heterocycles. The van der Waals surface area contributed by atoms with Crippen molar-refractivity contribution in [2.45, 2.75) is 52.5 Å². The second-order valence-corrected chi connectivity index (χ2v) is 7.46. The second kappa shape index (κ2) is 7.38. The third-order valence-corrected chi connectivity index (χ3v) is 4.80. The summed E-state index contributed by atoms with van der Waals surface area (Å²) in [7, 11) is 1.81. The van der Waals surface area contributed by atoms with Crippen molar-refractivity contribution in [3.8, 4) is 0 Å². The van der Waals surface area contributed by atoms with Crippen molar-refractivity contribution in [3.63, 3.8) is 0 Å². The van der Waals surface area contributed by atoms with Gasteiger partial charge in [-0.1, -0.05) is 26.7 Å². The summed E-state index contributed by atoms with van der Waals surface area (Å²) in [5, 5.41) is 0.604. The molecule has 2 heterocycles. The van der Waals surface area contributed by atoms with Gasteiger partial charge >= 0.3 is 0 Å². The first-order valence-corrected chi connectivity index (χ1v) is 9.26. The van der Waals surface area contributed by atoms with Gasteiger partial charge in [-0.05, 0) is 37.0 Å². The summed E-state index contributed by atoms with van der Waals surface area (Å²) in [6.07, 6.45) is 5.27. The van der Waals surface area contributed by atoms with E-state index in [-0.39, 0.29) is 11.5 Å². The first kappa shape index (κ1) is 17.6. The van der Waals surface area contributed by atoms with Gasteiger partial charge in [0, 0.05) is 32.1 Å². The molecule has 0 spiro atoms. The van der Waals surface area contributed by atoms with E-state index in [0.717, 1.165) is 31.6 Å². The summed E-state index contributed by atoms with van der Waals surface area (Å²) in [5.74, 6) is 1.25. The summed E-state index contributed by atoms with van der Waals surface area (Å²) in [4.78, 5) is 31.9. The highest BCUT2D eigenvalue weighted by Crippen LogP contribution is 2.17. The lowest BCUT2D eigenvalue weighted by atomic mass is 10.1. The fourth-order valence-corrected chi connectivity index (χ4v) is 3.58. The van der Waals surface area contributed by atoms with Gasteiger partial charge in [-0.25, -0.2) is 4.98 Å². The zero-order valence-electron chi connectivity index (χ0n) is 15.4. The molecular weight excluding hydrogens is 314 g/mol. The maximum Gasteiger partial charge on any atom is 0.261 e. The van der Waals surface area contributed by atoms with E-state index in [1.165, 1.54) is 12.8 Å². The van der Waals surface area contributed by atoms with Crippen molar-refractivity contribution in [1.29, 1.82) is 0 Å². The van der Waals surface area contributed by atoms with E-state index in [0.29, 0.717) is 28.9 Å². The molecule has 0 unspecified atom stereocenters. The average molecular weight is 341 g/mol. The first-order chi connectivity index (χ1) is 12.0. The monoisotopic (exact) mass is 341 g/mol. The zero-order valence-corrected chi connectivity index (χ0v) is 15.4. The Labute approximate surface area is 148 Å². The standard InChI is InChI=1S/C20H27N3O2/c1-14(2)13-22(3)19(24)15-9-10-16-17(12-15)21-18-8-6-4-5-7-11-23(18)20(16)25/h9-10,12,14H,4-8,11,13H2,1-3H3. The SMILES string of the molecule is CC(C)CN(C)C(=O)c1ccc2c(=O)n3c(nc2c1)CCCCCC3. The predicted molar refractivity (Wildman–Crippen MR) is 100.0 cm³/mol. The van der Waals surface area contributed by atoms with Gasteiger partial charge in [0.1, 0.15) is 5.82 Å². The molecule has 1 aliphatic rings. The molecule has 1 amide bonds. The largest absolute Gasteiger partial charge is 0.341 e. The number of nitrogens with zero attached hydrogens (tertiary/aromatic N) is 3. The summed E-state index contributed by atoms with van der Waals surface area (Å²) < 4.78 is 1.83. The molecule has 0 saturated heterocycles. The Morgan fingerprint density at radius 2 is 2.00 bits per heavy atom. The molecule has 0 atom stereocenters. The fraction of sp³-hybridized carbons (Fsp3) is 0.550. The molecule has 2 aromatic rings. The van der Waals surface area contributed by atoms with Crippen LogP contribution in [0.3, 0.4) is 0 Å². The van der Waals surface area contributed by atoms with Crippen LogP contribution in [0.4, 0.5) is 0 Å². The van der Waals surface area contributed by atoms with Gasteiger partial charge < -0.3 is 4.90 Å². The zero-order chi connectivity index (χ0) is 18.0. The highest BCUT2D eigenvalue weighted by Gasteiger charge is 2.17. The molecular formula is C20H27N3O2. The van der Waals surface area contributed by atoms with Crippen molar-refractivity contribution >= 4 is 16.8 Å². The topological polar surface area (TPSA) is 55.2 Å². The summed E-state index contributed by atoms with van der Waals surface area (Å²) in [6, 6.07) is 5.28. The van der Waals surface area contributed by atoms with Crippen LogP contribution in [0.25, 0.3) is 10.9 Å². The molecule has 0 bridgehead atoms. The molecule has 0 aliphatic carbocycles. The Bertz CT molecular complexity index is 839. The third kappa shape index (κ3) is 3.75. The third-order valence-electron chi connectivity index (χ3n) is 4.80. The maximum atomic E-state index is 12.8. The number of aromatic nitrogens is 2. The Hall–Kier alpha value is -2.17. The number of hydrogen-bond acceptors (Lipinski definition) is 3. The number of fused-ring (bicyclic) bond motifs is 2. The van der Waals surface area contributed by atoms with Gasteiger partial charge in [-0.2, -0.15) is 0 Å². The Balaban J connectivity index is 2.01. The molecule has 0 fully saturated rings. The Morgan fingerprint density at radius 3 is 2.76 bits per heavy atom. The van der Waals surface area contributed by atoms with Gasteiger partial charge in [-0.3, -0.25) is 14.2 Å². The minimum absolute atomic E-state index is 0.0238. The minimum Gasteiger partial charge on any atom is -0.341 e. The van der Waals surface area contributed by atoms with Crippen LogP contribution >= 0.6 is 0 Å². The van der Waals surface area contributed by atoms with Gasteiger partial charge in [0.15, 0.2) is 0 Å². The van der Waals surface area contributed by atoms with Crippen LogP contribution in [0.1, 0.15) is 55.7 Å². The van der Waals surface area contributed by atoms with Crippen LogP contribution in [0.2, 0.25) is 0 Å². The number of aryl methyl sites for hydroxylation is 1. The molecule has 5 nitrogen and oxygen atoms in total. The molecule has 0 saturated carbocycles. The first-order valence-electron chi connectivity index (χ1n) is 9.26. The van der Waals surface area contributed by atoms with Crippen molar-refractivity contribution in [3.05, 3.63) is 39.9 Å². The lowest BCUT2D eigenvalue weighted by Crippen LogP contribution is -2.30. The molecule has 134 valence electrons. The van der Waals surface area contributed by atoms with Crippen LogP contribution in [0, 0.1) is 5.92 Å². The molecule has 3 rings (SSSR count). The van der Waals surface area contributed by atoms with Crippen LogP contribution in [-0.2, 0) is 13.0 Å². The summed E-state index contributed by atoms with van der Waals surface area (Å²) >= 11 is 0. The average Bonchev–Trinajstić information content (AvgIpc) is 2.55. The van der Waals surface area contributed by atoms with Crippen molar-refractivity contribution in [2.75, 3.05) is 13.6 Å². The molecule has 1 aliphatic heterocycles. The number of hydrogen-bond donors (Lipinski definition) is 0. The Kier molecular flexibility index (Phi) is 5.21. The molecule has 1 aromatic carbocycles. The van der Waals surface area contributed by atoms with E-state index >= 15 is 0 Å². The number of benzene rings is 1. The van der Waals surface area contributed by atoms with Crippen molar-refractivity contribution in [1.82, 2.24) is 14.5 Å². The molecule has 5 heteroatoms. The molecule has 0 radical (unpaired) electrons. The fourth-order valence-electron chi connectivity index (χ4n) is 3.58. The van der Waals surface area contributed by atoms with Gasteiger partial charge in [0.2, 0.25) is 0 Å². The predicted octanol–water partition coefficient (Wildman–Crippen LogP) is 3.24. The Morgan fingerprint density at radius 1 is 1.24 bits per heavy atom. The highest BCUT2D eigenvalue weighted by molar-refractivity contribution is 5.97. The van der Waals surface area contributed by atoms with Crippen LogP contribution in [-0.4, -0.2) is 34.0 Å². The summed E-state index contributed by atoms with van der Waals surface area (Å²) in [6.45, 7) is 5.63. The highest BCUT2D eigenvalue weighted by atomic mass is 16.2. The summed E-state index contributed by atoms with van der Waals surface area (Å²) in [5.41, 5.74) is 1.26. The second-order valence-electron chi connectivity index (χ2n) is 7.46. The van der Waals surface area contributed by atoms with Crippen molar-refractivity contribution < 1.29 is 4.79 Å². The number of rotatable bonds is 3. The maximum absolute atomic E-state index is 12.8. The molecule has 0 N–H and O–H groups in total. The van der Waals surface area contributed by atoms with E-state index in [1.807, 2.05) is 11.6 Å². The van der Waals surface area contributed by atoms with Crippen LogP contribution < -0.4 is 5.56 Å². The van der Waals surface area contributed by atoms with Crippen molar-refractivity contribution in [2.24, 2.45) is 5.92 Å².